The van der Waals surface area contributed by atoms with Crippen molar-refractivity contribution in [2.45, 2.75) is 39.8 Å². The summed E-state index contributed by atoms with van der Waals surface area (Å²) in [5.41, 5.74) is 1.70. The van der Waals surface area contributed by atoms with Crippen molar-refractivity contribution in [3.8, 4) is 16.3 Å². The Labute approximate surface area is 218 Å². The van der Waals surface area contributed by atoms with Crippen molar-refractivity contribution in [2.75, 3.05) is 4.90 Å². The second-order valence-corrected chi connectivity index (χ2v) is 10.1. The maximum Gasteiger partial charge on any atom is 0.347 e. The van der Waals surface area contributed by atoms with Crippen LogP contribution in [0.5, 0.6) is 5.75 Å². The molecule has 0 bridgehead atoms. The Morgan fingerprint density at radius 3 is 2.30 bits per heavy atom. The molecular formula is C28H26FN3O4S. The molecule has 2 aromatic heterocycles. The molecule has 1 N–H and O–H groups in total. The van der Waals surface area contributed by atoms with Gasteiger partial charge in [-0.2, -0.15) is 0 Å². The Hall–Kier alpha value is -4.11. The third-order valence-corrected chi connectivity index (χ3v) is 6.85. The molecule has 0 spiro atoms. The number of hydrogen-bond donors (Lipinski definition) is 1. The molecule has 0 saturated carbocycles. The van der Waals surface area contributed by atoms with E-state index in [9.17, 15) is 19.1 Å². The molecule has 190 valence electrons. The number of anilines is 1. The van der Waals surface area contributed by atoms with Crippen LogP contribution in [0.1, 0.15) is 40.3 Å². The Morgan fingerprint density at radius 2 is 1.70 bits per heavy atom. The second kappa shape index (κ2) is 10.5. The maximum absolute atomic E-state index is 13.8. The predicted octanol–water partition coefficient (Wildman–Crippen LogP) is 6.05. The highest BCUT2D eigenvalue weighted by atomic mass is 32.1. The number of thiazole rings is 1. The van der Waals surface area contributed by atoms with Crippen LogP contribution in [0, 0.1) is 19.7 Å². The first-order valence-corrected chi connectivity index (χ1v) is 12.3. The van der Waals surface area contributed by atoms with E-state index in [0.717, 1.165) is 16.7 Å². The Kier molecular flexibility index (Phi) is 7.35. The lowest BCUT2D eigenvalue weighted by molar-refractivity contribution is -0.152. The molecule has 7 nitrogen and oxygen atoms in total. The van der Waals surface area contributed by atoms with Gasteiger partial charge in [0.25, 0.3) is 5.91 Å². The van der Waals surface area contributed by atoms with E-state index in [-0.39, 0.29) is 18.3 Å². The molecule has 9 heteroatoms. The van der Waals surface area contributed by atoms with Crippen molar-refractivity contribution >= 4 is 29.0 Å². The van der Waals surface area contributed by atoms with Gasteiger partial charge in [0.15, 0.2) is 5.60 Å². The summed E-state index contributed by atoms with van der Waals surface area (Å²) in [6.07, 6.45) is 1.70. The number of carboxylic acid groups (broad SMARTS) is 1. The number of halogens is 1. The fourth-order valence-electron chi connectivity index (χ4n) is 3.49. The number of nitrogens with zero attached hydrogens (tertiary/aromatic N) is 3. The third-order valence-electron chi connectivity index (χ3n) is 5.65. The summed E-state index contributed by atoms with van der Waals surface area (Å²) in [5, 5.41) is 9.93. The topological polar surface area (TPSA) is 92.6 Å². The molecular weight excluding hydrogens is 493 g/mol. The van der Waals surface area contributed by atoms with E-state index in [0.29, 0.717) is 27.1 Å². The van der Waals surface area contributed by atoms with Crippen LogP contribution in [-0.4, -0.2) is 32.6 Å². The molecule has 0 aliphatic heterocycles. The molecule has 0 aliphatic carbocycles. The van der Waals surface area contributed by atoms with Crippen molar-refractivity contribution in [1.29, 1.82) is 0 Å². The first-order chi connectivity index (χ1) is 17.5. The molecule has 2 heterocycles. The van der Waals surface area contributed by atoms with Gasteiger partial charge in [0.05, 0.1) is 12.2 Å². The summed E-state index contributed by atoms with van der Waals surface area (Å²) in [7, 11) is 0. The maximum atomic E-state index is 13.8. The largest absolute Gasteiger partial charge is 0.478 e. The van der Waals surface area contributed by atoms with Gasteiger partial charge in [-0.25, -0.2) is 19.2 Å². The van der Waals surface area contributed by atoms with E-state index in [1.165, 1.54) is 37.3 Å². The number of benzene rings is 2. The summed E-state index contributed by atoms with van der Waals surface area (Å²) < 4.78 is 18.9. The van der Waals surface area contributed by atoms with Gasteiger partial charge in [-0.15, -0.1) is 11.3 Å². The van der Waals surface area contributed by atoms with E-state index in [4.69, 9.17) is 4.74 Å². The number of aliphatic carboxylic acids is 1. The number of ether oxygens (including phenoxy) is 1. The smallest absolute Gasteiger partial charge is 0.347 e. The molecule has 37 heavy (non-hydrogen) atoms. The molecule has 1 amide bonds. The first kappa shape index (κ1) is 26.0. The quantitative estimate of drug-likeness (QED) is 0.305. The van der Waals surface area contributed by atoms with Crippen LogP contribution in [0.25, 0.3) is 10.6 Å². The average Bonchev–Trinajstić information content (AvgIpc) is 3.25. The highest BCUT2D eigenvalue weighted by Crippen LogP contribution is 2.31. The van der Waals surface area contributed by atoms with Gasteiger partial charge in [-0.3, -0.25) is 9.69 Å². The van der Waals surface area contributed by atoms with Crippen molar-refractivity contribution in [2.24, 2.45) is 0 Å². The van der Waals surface area contributed by atoms with Gasteiger partial charge in [0.2, 0.25) is 0 Å². The molecule has 0 atom stereocenters. The number of aryl methyl sites for hydroxylation is 2. The zero-order valence-electron chi connectivity index (χ0n) is 20.9. The van der Waals surface area contributed by atoms with Crippen LogP contribution < -0.4 is 9.64 Å². The van der Waals surface area contributed by atoms with Crippen LogP contribution in [-0.2, 0) is 11.3 Å². The predicted molar refractivity (Wildman–Crippen MR) is 141 cm³/mol. The summed E-state index contributed by atoms with van der Waals surface area (Å²) >= 11 is 1.25. The standard InChI is InChI=1S/C28H26FN3O4S/c1-17-5-14-23(30-15-17)32(16-19-6-12-22(13-7-19)36-28(3,4)27(34)35)26(33)24-18(2)31-25(37-24)20-8-10-21(29)11-9-20/h5-15H,16H2,1-4H3,(H,34,35). The van der Waals surface area contributed by atoms with Crippen LogP contribution in [0.4, 0.5) is 10.2 Å². The lowest BCUT2D eigenvalue weighted by Gasteiger charge is -2.23. The number of carbonyl (C=O) groups is 2. The van der Waals surface area contributed by atoms with E-state index < -0.39 is 11.6 Å². The van der Waals surface area contributed by atoms with Crippen LogP contribution in [0.3, 0.4) is 0 Å². The lowest BCUT2D eigenvalue weighted by atomic mass is 10.1. The van der Waals surface area contributed by atoms with Crippen molar-refractivity contribution in [3.05, 3.63) is 94.4 Å². The first-order valence-electron chi connectivity index (χ1n) is 11.5. The number of aromatic nitrogens is 2. The molecule has 0 fully saturated rings. The van der Waals surface area contributed by atoms with Gasteiger partial charge in [0, 0.05) is 11.8 Å². The summed E-state index contributed by atoms with van der Waals surface area (Å²) in [4.78, 5) is 36.2. The van der Waals surface area contributed by atoms with E-state index in [1.807, 2.05) is 13.0 Å². The zero-order valence-corrected chi connectivity index (χ0v) is 21.7. The van der Waals surface area contributed by atoms with Gasteiger partial charge in [0.1, 0.15) is 27.3 Å². The molecule has 4 aromatic rings. The normalized spacial score (nSPS) is 11.3. The molecule has 2 aromatic carbocycles. The fourth-order valence-corrected chi connectivity index (χ4v) is 4.51. The second-order valence-electron chi connectivity index (χ2n) is 9.09. The number of hydrogen-bond acceptors (Lipinski definition) is 6. The number of rotatable bonds is 8. The Balaban J connectivity index is 1.63. The van der Waals surface area contributed by atoms with Crippen LogP contribution in [0.15, 0.2) is 66.9 Å². The molecule has 4 rings (SSSR count). The molecule has 0 radical (unpaired) electrons. The van der Waals surface area contributed by atoms with Gasteiger partial charge in [-0.1, -0.05) is 18.2 Å². The number of pyridine rings is 1. The number of carbonyl (C=O) groups excluding carboxylic acids is 1. The Bertz CT molecular complexity index is 1420. The summed E-state index contributed by atoms with van der Waals surface area (Å²) in [5.74, 6) is -0.775. The highest BCUT2D eigenvalue weighted by molar-refractivity contribution is 7.17. The van der Waals surface area contributed by atoms with Gasteiger partial charge in [-0.05, 0) is 81.3 Å². The minimum absolute atomic E-state index is 0.223. The monoisotopic (exact) mass is 519 g/mol. The third kappa shape index (κ3) is 6.00. The van der Waals surface area contributed by atoms with Crippen LogP contribution >= 0.6 is 11.3 Å². The van der Waals surface area contributed by atoms with E-state index in [2.05, 4.69) is 9.97 Å². The minimum atomic E-state index is -1.37. The molecule has 0 aliphatic rings. The SMILES string of the molecule is Cc1ccc(N(Cc2ccc(OC(C)(C)C(=O)O)cc2)C(=O)c2sc(-c3ccc(F)cc3)nc2C)nc1. The minimum Gasteiger partial charge on any atom is -0.478 e. The summed E-state index contributed by atoms with van der Waals surface area (Å²) in [6, 6.07) is 16.6. The molecule has 0 saturated heterocycles. The number of carboxylic acids is 1. The Morgan fingerprint density at radius 1 is 1.03 bits per heavy atom. The average molecular weight is 520 g/mol. The van der Waals surface area contributed by atoms with Crippen LogP contribution in [0.2, 0.25) is 0 Å². The number of amides is 1. The van der Waals surface area contributed by atoms with Crippen molar-refractivity contribution in [1.82, 2.24) is 9.97 Å². The summed E-state index contributed by atoms with van der Waals surface area (Å²) in [6.45, 7) is 6.87. The van der Waals surface area contributed by atoms with Gasteiger partial charge < -0.3 is 9.84 Å². The molecule has 0 unspecified atom stereocenters. The van der Waals surface area contributed by atoms with Crippen molar-refractivity contribution < 1.29 is 23.8 Å². The lowest BCUT2D eigenvalue weighted by Crippen LogP contribution is -2.37. The highest BCUT2D eigenvalue weighted by Gasteiger charge is 2.29. The zero-order chi connectivity index (χ0) is 26.7. The van der Waals surface area contributed by atoms with Gasteiger partial charge >= 0.3 is 5.97 Å². The van der Waals surface area contributed by atoms with E-state index >= 15 is 0 Å². The fraction of sp³-hybridized carbons (Fsp3) is 0.214. The van der Waals surface area contributed by atoms with Crippen molar-refractivity contribution in [3.63, 3.8) is 0 Å². The van der Waals surface area contributed by atoms with E-state index in [1.54, 1.807) is 60.5 Å².